The number of likely N-dealkylation sites (tertiary alicyclic amines) is 1. The van der Waals surface area contributed by atoms with Gasteiger partial charge < -0.3 is 14.7 Å². The zero-order valence-electron chi connectivity index (χ0n) is 14.4. The molecule has 25 heavy (non-hydrogen) atoms. The largest absolute Gasteiger partial charge is 0.505 e. The Morgan fingerprint density at radius 3 is 2.56 bits per heavy atom. The van der Waals surface area contributed by atoms with E-state index >= 15 is 0 Å². The maximum Gasteiger partial charge on any atom is 0.316 e. The van der Waals surface area contributed by atoms with E-state index in [1.807, 2.05) is 6.92 Å². The van der Waals surface area contributed by atoms with E-state index in [0.717, 1.165) is 44.0 Å². The van der Waals surface area contributed by atoms with Gasteiger partial charge in [0.05, 0.1) is 29.3 Å². The standard InChI is InChI=1S/C17H22ClN5O2/c1-11(16-19-7-13(24)8-20-16)10-23-5-3-14(4-6-23)25-17-21-9-15(18)12(2)22-17/h7-9,11,14,24H,3-6,10H2,1-2H3. The number of aryl methyl sites for hydroxylation is 1. The molecule has 1 aliphatic heterocycles. The van der Waals surface area contributed by atoms with Crippen molar-refractivity contribution in [2.45, 2.75) is 38.7 Å². The number of nitrogens with zero attached hydrogens (tertiary/aromatic N) is 5. The summed E-state index contributed by atoms with van der Waals surface area (Å²) in [6.45, 7) is 6.71. The molecule has 0 saturated carbocycles. The summed E-state index contributed by atoms with van der Waals surface area (Å²) in [6.07, 6.45) is 6.42. The lowest BCUT2D eigenvalue weighted by molar-refractivity contribution is 0.0897. The second-order valence-electron chi connectivity index (χ2n) is 6.40. The summed E-state index contributed by atoms with van der Waals surface area (Å²) in [7, 11) is 0. The molecule has 8 heteroatoms. The van der Waals surface area contributed by atoms with E-state index in [9.17, 15) is 5.11 Å². The quantitative estimate of drug-likeness (QED) is 0.873. The van der Waals surface area contributed by atoms with Crippen LogP contribution in [-0.2, 0) is 0 Å². The lowest BCUT2D eigenvalue weighted by Gasteiger charge is -2.32. The molecule has 1 saturated heterocycles. The zero-order chi connectivity index (χ0) is 17.8. The lowest BCUT2D eigenvalue weighted by atomic mass is 10.0. The van der Waals surface area contributed by atoms with Crippen LogP contribution < -0.4 is 4.74 Å². The Bertz CT molecular complexity index is 705. The van der Waals surface area contributed by atoms with Crippen LogP contribution in [0.5, 0.6) is 11.8 Å². The Labute approximate surface area is 152 Å². The summed E-state index contributed by atoms with van der Waals surface area (Å²) < 4.78 is 5.88. The van der Waals surface area contributed by atoms with Gasteiger partial charge in [-0.1, -0.05) is 18.5 Å². The van der Waals surface area contributed by atoms with Crippen LogP contribution in [0.25, 0.3) is 0 Å². The number of aromatic nitrogens is 4. The fourth-order valence-electron chi connectivity index (χ4n) is 2.90. The van der Waals surface area contributed by atoms with Crippen LogP contribution in [0.2, 0.25) is 5.02 Å². The molecule has 1 atom stereocenters. The minimum atomic E-state index is 0.0913. The smallest absolute Gasteiger partial charge is 0.316 e. The van der Waals surface area contributed by atoms with Crippen molar-refractivity contribution in [3.63, 3.8) is 0 Å². The Morgan fingerprint density at radius 1 is 1.24 bits per heavy atom. The molecule has 1 aliphatic rings. The third-order valence-electron chi connectivity index (χ3n) is 4.34. The number of ether oxygens (including phenoxy) is 1. The van der Waals surface area contributed by atoms with E-state index in [-0.39, 0.29) is 17.8 Å². The van der Waals surface area contributed by atoms with E-state index in [2.05, 4.69) is 31.8 Å². The van der Waals surface area contributed by atoms with Gasteiger partial charge in [0.25, 0.3) is 0 Å². The first-order valence-corrected chi connectivity index (χ1v) is 8.78. The third-order valence-corrected chi connectivity index (χ3v) is 4.71. The fraction of sp³-hybridized carbons (Fsp3) is 0.529. The topological polar surface area (TPSA) is 84.3 Å². The van der Waals surface area contributed by atoms with Crippen molar-refractivity contribution in [3.8, 4) is 11.8 Å². The normalized spacial score (nSPS) is 17.4. The molecule has 3 rings (SSSR count). The molecule has 134 valence electrons. The van der Waals surface area contributed by atoms with Gasteiger partial charge in [-0.15, -0.1) is 0 Å². The second-order valence-corrected chi connectivity index (χ2v) is 6.81. The number of hydrogen-bond acceptors (Lipinski definition) is 7. The van der Waals surface area contributed by atoms with Gasteiger partial charge >= 0.3 is 6.01 Å². The summed E-state index contributed by atoms with van der Waals surface area (Å²) >= 11 is 5.94. The predicted molar refractivity (Wildman–Crippen MR) is 94.0 cm³/mol. The highest BCUT2D eigenvalue weighted by Crippen LogP contribution is 2.21. The zero-order valence-corrected chi connectivity index (χ0v) is 15.1. The van der Waals surface area contributed by atoms with Crippen LogP contribution >= 0.6 is 11.6 Å². The second kappa shape index (κ2) is 7.93. The minimum absolute atomic E-state index is 0.0913. The fourth-order valence-corrected chi connectivity index (χ4v) is 2.99. The maximum absolute atomic E-state index is 9.28. The van der Waals surface area contributed by atoms with Crippen molar-refractivity contribution < 1.29 is 9.84 Å². The molecule has 0 amide bonds. The number of rotatable bonds is 5. The molecule has 3 heterocycles. The van der Waals surface area contributed by atoms with Crippen LogP contribution in [0.3, 0.4) is 0 Å². The molecular formula is C17H22ClN5O2. The Morgan fingerprint density at radius 2 is 1.92 bits per heavy atom. The Hall–Kier alpha value is -1.99. The molecule has 2 aromatic heterocycles. The molecular weight excluding hydrogens is 342 g/mol. The summed E-state index contributed by atoms with van der Waals surface area (Å²) in [4.78, 5) is 19.2. The Kier molecular flexibility index (Phi) is 5.65. The number of piperidine rings is 1. The first kappa shape index (κ1) is 17.8. The van der Waals surface area contributed by atoms with Crippen molar-refractivity contribution >= 4 is 11.6 Å². The molecule has 0 spiro atoms. The van der Waals surface area contributed by atoms with Gasteiger partial charge in [0.1, 0.15) is 11.9 Å². The molecule has 0 bridgehead atoms. The highest BCUT2D eigenvalue weighted by atomic mass is 35.5. The molecule has 0 aliphatic carbocycles. The van der Waals surface area contributed by atoms with Crippen molar-refractivity contribution in [1.82, 2.24) is 24.8 Å². The van der Waals surface area contributed by atoms with E-state index in [1.165, 1.54) is 12.4 Å². The summed E-state index contributed by atoms with van der Waals surface area (Å²) in [5.74, 6) is 1.05. The van der Waals surface area contributed by atoms with Gasteiger partial charge in [0.2, 0.25) is 0 Å². The van der Waals surface area contributed by atoms with Gasteiger partial charge in [-0.25, -0.2) is 15.0 Å². The first-order chi connectivity index (χ1) is 12.0. The molecule has 0 radical (unpaired) electrons. The first-order valence-electron chi connectivity index (χ1n) is 8.40. The summed E-state index contributed by atoms with van der Waals surface area (Å²) in [5, 5.41) is 9.82. The van der Waals surface area contributed by atoms with Crippen LogP contribution in [0.1, 0.15) is 37.2 Å². The molecule has 7 nitrogen and oxygen atoms in total. The van der Waals surface area contributed by atoms with E-state index in [1.54, 1.807) is 6.20 Å². The molecule has 1 N–H and O–H groups in total. The van der Waals surface area contributed by atoms with Crippen molar-refractivity contribution in [2.24, 2.45) is 0 Å². The van der Waals surface area contributed by atoms with E-state index < -0.39 is 0 Å². The van der Waals surface area contributed by atoms with E-state index in [0.29, 0.717) is 11.0 Å². The van der Waals surface area contributed by atoms with Gasteiger partial charge in [-0.2, -0.15) is 4.98 Å². The molecule has 1 unspecified atom stereocenters. The lowest BCUT2D eigenvalue weighted by Crippen LogP contribution is -2.40. The number of halogens is 1. The van der Waals surface area contributed by atoms with Gasteiger partial charge in [-0.05, 0) is 19.8 Å². The van der Waals surface area contributed by atoms with Crippen molar-refractivity contribution in [1.29, 1.82) is 0 Å². The molecule has 0 aromatic carbocycles. The van der Waals surface area contributed by atoms with Crippen molar-refractivity contribution in [3.05, 3.63) is 35.1 Å². The third kappa shape index (κ3) is 4.76. The summed E-state index contributed by atoms with van der Waals surface area (Å²) in [5.41, 5.74) is 0.729. The van der Waals surface area contributed by atoms with Gasteiger partial charge in [-0.3, -0.25) is 0 Å². The van der Waals surface area contributed by atoms with Crippen LogP contribution in [0.4, 0.5) is 0 Å². The number of aromatic hydroxyl groups is 1. The molecule has 2 aromatic rings. The minimum Gasteiger partial charge on any atom is -0.505 e. The van der Waals surface area contributed by atoms with Crippen LogP contribution in [-0.4, -0.2) is 55.7 Å². The average molecular weight is 364 g/mol. The maximum atomic E-state index is 9.28. The monoisotopic (exact) mass is 363 g/mol. The summed E-state index contributed by atoms with van der Waals surface area (Å²) in [6, 6.07) is 0.395. The van der Waals surface area contributed by atoms with Gasteiger partial charge in [0, 0.05) is 25.6 Å². The Balaban J connectivity index is 1.48. The van der Waals surface area contributed by atoms with Gasteiger partial charge in [0.15, 0.2) is 5.75 Å². The van der Waals surface area contributed by atoms with Crippen molar-refractivity contribution in [2.75, 3.05) is 19.6 Å². The highest BCUT2D eigenvalue weighted by molar-refractivity contribution is 6.31. The van der Waals surface area contributed by atoms with Crippen LogP contribution in [0.15, 0.2) is 18.6 Å². The van der Waals surface area contributed by atoms with Crippen LogP contribution in [0, 0.1) is 6.92 Å². The molecule has 1 fully saturated rings. The SMILES string of the molecule is Cc1nc(OC2CCN(CC(C)c3ncc(O)cn3)CC2)ncc1Cl. The average Bonchev–Trinajstić information content (AvgIpc) is 2.60. The number of hydrogen-bond donors (Lipinski definition) is 1. The predicted octanol–water partition coefficient (Wildman–Crippen LogP) is 2.58. The van der Waals surface area contributed by atoms with E-state index in [4.69, 9.17) is 16.3 Å². The highest BCUT2D eigenvalue weighted by Gasteiger charge is 2.23.